The van der Waals surface area contributed by atoms with E-state index < -0.39 is 0 Å². The first kappa shape index (κ1) is 10.6. The van der Waals surface area contributed by atoms with Crippen molar-refractivity contribution < 1.29 is 20.2 Å². The first-order chi connectivity index (χ1) is 5.88. The van der Waals surface area contributed by atoms with Crippen molar-refractivity contribution in [3.05, 3.63) is 47.4 Å². The number of rotatable bonds is 0. The minimum atomic E-state index is 1.28. The summed E-state index contributed by atoms with van der Waals surface area (Å²) >= 11 is 3.56. The molecule has 0 bridgehead atoms. The maximum atomic E-state index is 2.29. The molecule has 0 fully saturated rings. The number of allylic oxidation sites excluding steroid dienone is 1. The van der Waals surface area contributed by atoms with Gasteiger partial charge in [0.05, 0.1) is 0 Å². The summed E-state index contributed by atoms with van der Waals surface area (Å²) in [5.74, 6) is 1.37. The van der Waals surface area contributed by atoms with Gasteiger partial charge < -0.3 is 0 Å². The van der Waals surface area contributed by atoms with Crippen LogP contribution >= 0.6 is 18.1 Å². The normalized spacial score (nSPS) is 13.4. The third-order valence-corrected chi connectivity index (χ3v) is 1.90. The molecule has 1 aliphatic carbocycles. The molecular formula is C10H9HfI. The van der Waals surface area contributed by atoms with Crippen molar-refractivity contribution in [3.63, 3.8) is 0 Å². The number of halogens is 1. The summed E-state index contributed by atoms with van der Waals surface area (Å²) in [6.07, 6.45) is 4.31. The van der Waals surface area contributed by atoms with Gasteiger partial charge in [0.2, 0.25) is 0 Å². The quantitative estimate of drug-likeness (QED) is 0.433. The molecule has 0 aliphatic heterocycles. The fourth-order valence-corrected chi connectivity index (χ4v) is 1.31. The predicted molar refractivity (Wildman–Crippen MR) is 57.5 cm³/mol. The van der Waals surface area contributed by atoms with Crippen LogP contribution in [0.25, 0.3) is 6.08 Å². The molecule has 0 aromatic heterocycles. The van der Waals surface area contributed by atoms with Gasteiger partial charge in [-0.25, -0.2) is 0 Å². The molecule has 0 unspecified atom stereocenters. The van der Waals surface area contributed by atoms with Gasteiger partial charge in [-0.3, -0.25) is 0 Å². The molecule has 1 aromatic carbocycles. The molecule has 0 heterocycles. The van der Waals surface area contributed by atoms with Crippen LogP contribution in [0, 0.1) is 5.92 Å². The van der Waals surface area contributed by atoms with Crippen molar-refractivity contribution in [2.45, 2.75) is 6.92 Å². The second-order valence-corrected chi connectivity index (χ2v) is 2.60. The van der Waals surface area contributed by atoms with Gasteiger partial charge in [0.1, 0.15) is 0 Å². The van der Waals surface area contributed by atoms with Gasteiger partial charge in [-0.2, -0.15) is 0 Å². The standard InChI is InChI=1S/C10H9.Hf.HI/c1-8-6-7-9-4-2-3-5-10(8)9;;/h2-7H,1H3;;1H/q;+1;/p-1. The van der Waals surface area contributed by atoms with E-state index in [1.54, 1.807) is 0 Å². The molecule has 1 aliphatic rings. The molecule has 12 heavy (non-hydrogen) atoms. The van der Waals surface area contributed by atoms with Gasteiger partial charge in [0.15, 0.2) is 0 Å². The van der Waals surface area contributed by atoms with E-state index in [0.29, 0.717) is 0 Å². The molecule has 0 atom stereocenters. The van der Waals surface area contributed by atoms with Gasteiger partial charge in [0, 0.05) is 5.92 Å². The predicted octanol–water partition coefficient (Wildman–Crippen LogP) is 3.54. The van der Waals surface area contributed by atoms with E-state index in [1.807, 2.05) is 0 Å². The van der Waals surface area contributed by atoms with E-state index in [-0.39, 0.29) is 0 Å². The summed E-state index contributed by atoms with van der Waals surface area (Å²) in [6, 6.07) is 8.45. The third-order valence-electron chi connectivity index (χ3n) is 1.90. The zero-order chi connectivity index (χ0) is 8.97. The third kappa shape index (κ3) is 2.28. The molecule has 0 saturated carbocycles. The van der Waals surface area contributed by atoms with Crippen molar-refractivity contribution >= 4 is 24.2 Å². The molecule has 2 rings (SSSR count). The van der Waals surface area contributed by atoms with E-state index in [1.165, 1.54) is 37.3 Å². The van der Waals surface area contributed by atoms with Gasteiger partial charge in [0.25, 0.3) is 0 Å². The van der Waals surface area contributed by atoms with Crippen molar-refractivity contribution in [1.29, 1.82) is 0 Å². The van der Waals surface area contributed by atoms with Gasteiger partial charge in [-0.05, 0) is 11.1 Å². The Morgan fingerprint density at radius 3 is 2.42 bits per heavy atom. The summed E-state index contributed by atoms with van der Waals surface area (Å²) < 4.78 is 0. The van der Waals surface area contributed by atoms with Crippen molar-refractivity contribution in [2.75, 3.05) is 0 Å². The molecule has 0 saturated heterocycles. The summed E-state index contributed by atoms with van der Waals surface area (Å²) in [6.45, 7) is 2.14. The Kier molecular flexibility index (Phi) is 4.72. The van der Waals surface area contributed by atoms with Crippen LogP contribution < -0.4 is 0 Å². The number of hydrogen-bond acceptors (Lipinski definition) is 0. The molecule has 1 radical (unpaired) electrons. The van der Waals surface area contributed by atoms with Crippen LogP contribution in [0.5, 0.6) is 0 Å². The topological polar surface area (TPSA) is 0 Å². The monoisotopic (exact) mass is 436 g/mol. The van der Waals surface area contributed by atoms with E-state index in [0.717, 1.165) is 0 Å². The summed E-state index contributed by atoms with van der Waals surface area (Å²) in [4.78, 5) is 0. The number of benzene rings is 1. The van der Waals surface area contributed by atoms with Gasteiger partial charge >= 0.3 is 38.4 Å². The van der Waals surface area contributed by atoms with E-state index in [9.17, 15) is 0 Å². The summed E-state index contributed by atoms with van der Waals surface area (Å²) in [5, 5.41) is 0. The second kappa shape index (κ2) is 5.32. The molecule has 0 N–H and O–H groups in total. The Bertz CT molecular complexity index is 281. The van der Waals surface area contributed by atoms with Crippen LogP contribution in [0.4, 0.5) is 0 Å². The molecule has 60 valence electrons. The Balaban J connectivity index is 0.000000336. The van der Waals surface area contributed by atoms with Crippen LogP contribution in [-0.4, -0.2) is 0 Å². The minimum absolute atomic E-state index is 1.28. The van der Waals surface area contributed by atoms with Crippen molar-refractivity contribution in [3.8, 4) is 0 Å². The molecule has 1 aromatic rings. The van der Waals surface area contributed by atoms with E-state index in [4.69, 9.17) is 0 Å². The molecule has 0 amide bonds. The van der Waals surface area contributed by atoms with Crippen molar-refractivity contribution in [2.24, 2.45) is 0 Å². The first-order valence-electron chi connectivity index (χ1n) is 3.68. The first-order valence-corrected chi connectivity index (χ1v) is 13.9. The molecule has 0 spiro atoms. The SMILES string of the molecule is C[C]1C=Cc2ccccc21.[I][Hf]. The zero-order valence-corrected chi connectivity index (χ0v) is 12.6. The fraction of sp³-hybridized carbons (Fsp3) is 0.100. The van der Waals surface area contributed by atoms with Gasteiger partial charge in [-0.15, -0.1) is 0 Å². The summed E-state index contributed by atoms with van der Waals surface area (Å²) in [7, 11) is 0. The van der Waals surface area contributed by atoms with E-state index >= 15 is 0 Å². The van der Waals surface area contributed by atoms with E-state index in [2.05, 4.69) is 61.5 Å². The van der Waals surface area contributed by atoms with Crippen molar-refractivity contribution in [1.82, 2.24) is 0 Å². The van der Waals surface area contributed by atoms with Crippen LogP contribution in [0.3, 0.4) is 0 Å². The molecule has 2 heteroatoms. The number of hydrogen-bond donors (Lipinski definition) is 0. The van der Waals surface area contributed by atoms with Gasteiger partial charge in [-0.1, -0.05) is 43.3 Å². The Morgan fingerprint density at radius 2 is 1.75 bits per heavy atom. The molecular weight excluding hydrogens is 426 g/mol. The van der Waals surface area contributed by atoms with Crippen LogP contribution in [0.2, 0.25) is 0 Å². The van der Waals surface area contributed by atoms with Crippen LogP contribution in [0.15, 0.2) is 30.3 Å². The summed E-state index contributed by atoms with van der Waals surface area (Å²) in [5.41, 5.74) is 2.72. The Hall–Kier alpha value is 0.560. The average Bonchev–Trinajstić information content (AvgIpc) is 2.53. The van der Waals surface area contributed by atoms with Crippen LogP contribution in [0.1, 0.15) is 18.1 Å². The second-order valence-electron chi connectivity index (χ2n) is 2.60. The fourth-order valence-electron chi connectivity index (χ4n) is 1.31. The maximum absolute atomic E-state index is 2.29. The molecule has 0 nitrogen and oxygen atoms in total. The zero-order valence-electron chi connectivity index (χ0n) is 6.84. The Morgan fingerprint density at radius 1 is 1.08 bits per heavy atom. The van der Waals surface area contributed by atoms with Crippen LogP contribution in [-0.2, 0) is 20.2 Å². The Labute approximate surface area is 97.8 Å². The number of fused-ring (bicyclic) bond motifs is 1. The average molecular weight is 435 g/mol.